The first-order valence-electron chi connectivity index (χ1n) is 5.78. The highest BCUT2D eigenvalue weighted by Gasteiger charge is 2.26. The molecule has 16 heavy (non-hydrogen) atoms. The van der Waals surface area contributed by atoms with Gasteiger partial charge in [0.2, 0.25) is 0 Å². The van der Waals surface area contributed by atoms with Crippen molar-refractivity contribution >= 4 is 5.78 Å². The van der Waals surface area contributed by atoms with Gasteiger partial charge in [-0.2, -0.15) is 0 Å². The van der Waals surface area contributed by atoms with Crippen LogP contribution in [0.15, 0.2) is 6.07 Å². The number of aryl methyl sites for hydroxylation is 2. The fourth-order valence-electron chi connectivity index (χ4n) is 1.93. The summed E-state index contributed by atoms with van der Waals surface area (Å²) in [6, 6.07) is 2.16. The zero-order valence-corrected chi connectivity index (χ0v) is 11.5. The lowest BCUT2D eigenvalue weighted by Gasteiger charge is -2.22. The Kier molecular flexibility index (Phi) is 3.27. The molecule has 0 unspecified atom stereocenters. The van der Waals surface area contributed by atoms with Crippen molar-refractivity contribution in [2.75, 3.05) is 0 Å². The molecule has 1 aromatic rings. The van der Waals surface area contributed by atoms with Gasteiger partial charge in [-0.1, -0.05) is 26.8 Å². The van der Waals surface area contributed by atoms with Gasteiger partial charge in [-0.05, 0) is 49.9 Å². The Morgan fingerprint density at radius 3 is 1.62 bits per heavy atom. The summed E-state index contributed by atoms with van der Waals surface area (Å²) in [6.07, 6.45) is 0. The molecule has 0 aromatic heterocycles. The highest BCUT2D eigenvalue weighted by molar-refractivity contribution is 6.02. The second-order valence-electron chi connectivity index (χ2n) is 5.71. The molecule has 1 aromatic carbocycles. The van der Waals surface area contributed by atoms with Gasteiger partial charge in [0, 0.05) is 11.0 Å². The molecule has 0 N–H and O–H groups in total. The highest BCUT2D eigenvalue weighted by Crippen LogP contribution is 2.28. The third-order valence-electron chi connectivity index (χ3n) is 3.27. The van der Waals surface area contributed by atoms with Crippen molar-refractivity contribution < 1.29 is 4.79 Å². The maximum absolute atomic E-state index is 12.4. The van der Waals surface area contributed by atoms with Crippen LogP contribution < -0.4 is 0 Å². The fraction of sp³-hybridized carbons (Fsp3) is 0.533. The van der Waals surface area contributed by atoms with E-state index >= 15 is 0 Å². The third-order valence-corrected chi connectivity index (χ3v) is 3.27. The molecule has 0 radical (unpaired) electrons. The van der Waals surface area contributed by atoms with Crippen LogP contribution >= 0.6 is 0 Å². The van der Waals surface area contributed by atoms with Crippen molar-refractivity contribution in [1.82, 2.24) is 0 Å². The Labute approximate surface area is 98.9 Å². The summed E-state index contributed by atoms with van der Waals surface area (Å²) >= 11 is 0. The van der Waals surface area contributed by atoms with Crippen LogP contribution in [-0.4, -0.2) is 5.78 Å². The predicted molar refractivity (Wildman–Crippen MR) is 69.2 cm³/mol. The van der Waals surface area contributed by atoms with Gasteiger partial charge in [-0.15, -0.1) is 0 Å². The SMILES string of the molecule is Cc1cc(C)c(C)c(C(=O)C(C)(C)C)c1C. The maximum Gasteiger partial charge on any atom is 0.168 e. The van der Waals surface area contributed by atoms with E-state index in [1.54, 1.807) is 0 Å². The molecule has 0 aliphatic rings. The molecule has 0 fully saturated rings. The van der Waals surface area contributed by atoms with E-state index in [1.165, 1.54) is 11.1 Å². The molecular weight excluding hydrogens is 196 g/mol. The summed E-state index contributed by atoms with van der Waals surface area (Å²) in [4.78, 5) is 12.4. The van der Waals surface area contributed by atoms with E-state index in [0.29, 0.717) is 0 Å². The van der Waals surface area contributed by atoms with Crippen molar-refractivity contribution in [2.24, 2.45) is 5.41 Å². The summed E-state index contributed by atoms with van der Waals surface area (Å²) in [5, 5.41) is 0. The monoisotopic (exact) mass is 218 g/mol. The number of carbonyl (C=O) groups is 1. The summed E-state index contributed by atoms with van der Waals surface area (Å²) in [6.45, 7) is 14.2. The summed E-state index contributed by atoms with van der Waals surface area (Å²) in [7, 11) is 0. The Morgan fingerprint density at radius 1 is 0.938 bits per heavy atom. The molecule has 0 aliphatic carbocycles. The molecule has 1 rings (SSSR count). The number of Topliss-reactive ketones (excluding diaryl/α,β-unsaturated/α-hetero) is 1. The summed E-state index contributed by atoms with van der Waals surface area (Å²) in [5.74, 6) is 0.245. The zero-order valence-electron chi connectivity index (χ0n) is 11.5. The number of hydrogen-bond acceptors (Lipinski definition) is 1. The molecule has 0 atom stereocenters. The van der Waals surface area contributed by atoms with E-state index in [2.05, 4.69) is 19.9 Å². The van der Waals surface area contributed by atoms with Gasteiger partial charge in [-0.3, -0.25) is 4.79 Å². The molecule has 0 saturated heterocycles. The number of benzene rings is 1. The molecule has 0 spiro atoms. The van der Waals surface area contributed by atoms with Crippen LogP contribution in [0, 0.1) is 33.1 Å². The van der Waals surface area contributed by atoms with Gasteiger partial charge in [-0.25, -0.2) is 0 Å². The fourth-order valence-corrected chi connectivity index (χ4v) is 1.93. The van der Waals surface area contributed by atoms with E-state index in [9.17, 15) is 4.79 Å². The van der Waals surface area contributed by atoms with Gasteiger partial charge in [0.25, 0.3) is 0 Å². The average molecular weight is 218 g/mol. The van der Waals surface area contributed by atoms with Crippen LogP contribution in [0.25, 0.3) is 0 Å². The Hall–Kier alpha value is -1.11. The zero-order chi connectivity index (χ0) is 12.7. The van der Waals surface area contributed by atoms with Crippen molar-refractivity contribution in [3.8, 4) is 0 Å². The predicted octanol–water partition coefficient (Wildman–Crippen LogP) is 4.15. The lowest BCUT2D eigenvalue weighted by Crippen LogP contribution is -2.23. The minimum absolute atomic E-state index is 0.245. The van der Waals surface area contributed by atoms with Crippen LogP contribution in [0.1, 0.15) is 53.4 Å². The standard InChI is InChI=1S/C15H22O/c1-9-8-10(2)12(4)13(11(9)3)14(16)15(5,6)7/h8H,1-7H3. The van der Waals surface area contributed by atoms with Gasteiger partial charge >= 0.3 is 0 Å². The Bertz CT molecular complexity index is 407. The highest BCUT2D eigenvalue weighted by atomic mass is 16.1. The second kappa shape index (κ2) is 4.04. The topological polar surface area (TPSA) is 17.1 Å². The van der Waals surface area contributed by atoms with Crippen LogP contribution in [0.4, 0.5) is 0 Å². The van der Waals surface area contributed by atoms with Gasteiger partial charge in [0.15, 0.2) is 5.78 Å². The lowest BCUT2D eigenvalue weighted by atomic mass is 9.81. The van der Waals surface area contributed by atoms with Gasteiger partial charge in [0.05, 0.1) is 0 Å². The van der Waals surface area contributed by atoms with Crippen LogP contribution in [0.5, 0.6) is 0 Å². The molecule has 1 heteroatoms. The second-order valence-corrected chi connectivity index (χ2v) is 5.71. The molecule has 0 aliphatic heterocycles. The smallest absolute Gasteiger partial charge is 0.168 e. The van der Waals surface area contributed by atoms with Crippen LogP contribution in [0.3, 0.4) is 0 Å². The Morgan fingerprint density at radius 2 is 1.31 bits per heavy atom. The lowest BCUT2D eigenvalue weighted by molar-refractivity contribution is 0.0856. The minimum atomic E-state index is -0.310. The first kappa shape index (κ1) is 13.0. The largest absolute Gasteiger partial charge is 0.294 e. The van der Waals surface area contributed by atoms with Crippen LogP contribution in [-0.2, 0) is 0 Å². The molecule has 0 amide bonds. The molecule has 0 heterocycles. The first-order valence-corrected chi connectivity index (χ1v) is 5.78. The quantitative estimate of drug-likeness (QED) is 0.647. The average Bonchev–Trinajstić information content (AvgIpc) is 2.13. The normalized spacial score (nSPS) is 11.7. The van der Waals surface area contributed by atoms with Crippen molar-refractivity contribution in [3.05, 3.63) is 33.9 Å². The Balaban J connectivity index is 3.50. The third kappa shape index (κ3) is 2.18. The van der Waals surface area contributed by atoms with E-state index in [1.807, 2.05) is 34.6 Å². The number of rotatable bonds is 1. The van der Waals surface area contributed by atoms with E-state index < -0.39 is 0 Å². The van der Waals surface area contributed by atoms with E-state index in [0.717, 1.165) is 16.7 Å². The van der Waals surface area contributed by atoms with E-state index in [-0.39, 0.29) is 11.2 Å². The van der Waals surface area contributed by atoms with E-state index in [4.69, 9.17) is 0 Å². The number of ketones is 1. The molecular formula is C15H22O. The first-order chi connectivity index (χ1) is 7.16. The van der Waals surface area contributed by atoms with Crippen molar-refractivity contribution in [2.45, 2.75) is 48.5 Å². The van der Waals surface area contributed by atoms with Gasteiger partial charge < -0.3 is 0 Å². The van der Waals surface area contributed by atoms with Crippen LogP contribution in [0.2, 0.25) is 0 Å². The maximum atomic E-state index is 12.4. The number of carbonyl (C=O) groups excluding carboxylic acids is 1. The summed E-state index contributed by atoms with van der Waals surface area (Å²) < 4.78 is 0. The van der Waals surface area contributed by atoms with Gasteiger partial charge in [0.1, 0.15) is 0 Å². The minimum Gasteiger partial charge on any atom is -0.294 e. The molecule has 1 nitrogen and oxygen atoms in total. The number of hydrogen-bond donors (Lipinski definition) is 0. The summed E-state index contributed by atoms with van der Waals surface area (Å²) in [5.41, 5.74) is 5.28. The van der Waals surface area contributed by atoms with Crippen molar-refractivity contribution in [1.29, 1.82) is 0 Å². The molecule has 0 saturated carbocycles. The molecule has 88 valence electrons. The van der Waals surface area contributed by atoms with Crippen molar-refractivity contribution in [3.63, 3.8) is 0 Å². The molecule has 0 bridgehead atoms.